The predicted octanol–water partition coefficient (Wildman–Crippen LogP) is 9.30. The Morgan fingerprint density at radius 3 is 2.30 bits per heavy atom. The lowest BCUT2D eigenvalue weighted by molar-refractivity contribution is -0.265. The predicted molar refractivity (Wildman–Crippen MR) is 493 cm³/mol. The van der Waals surface area contributed by atoms with Gasteiger partial charge in [0.1, 0.15) is 53.5 Å². The van der Waals surface area contributed by atoms with Crippen molar-refractivity contribution < 1.29 is 94.4 Å². The van der Waals surface area contributed by atoms with E-state index < -0.39 is 93.7 Å². The van der Waals surface area contributed by atoms with E-state index in [1.807, 2.05) is 99.4 Å². The number of carbonyl (C=O) groups is 6. The number of benzene rings is 2. The van der Waals surface area contributed by atoms with Crippen LogP contribution in [0.3, 0.4) is 0 Å². The van der Waals surface area contributed by atoms with E-state index in [0.717, 1.165) is 40.7 Å². The summed E-state index contributed by atoms with van der Waals surface area (Å²) in [6.45, 7) is 17.7. The molecule has 4 aliphatic heterocycles. The first-order valence-corrected chi connectivity index (χ1v) is 47.9. The average molecular weight is 1850 g/mol. The van der Waals surface area contributed by atoms with E-state index in [9.17, 15) is 47.4 Å². The lowest BCUT2D eigenvalue weighted by Gasteiger charge is -2.42. The second kappa shape index (κ2) is 48.2. The van der Waals surface area contributed by atoms with Crippen molar-refractivity contribution in [1.82, 2.24) is 64.2 Å². The molecule has 37 heteroatoms. The summed E-state index contributed by atoms with van der Waals surface area (Å²) >= 11 is 0. The zero-order chi connectivity index (χ0) is 94.2. The number of unbranched alkanes of at least 4 members (excludes halogenated alkanes) is 1. The van der Waals surface area contributed by atoms with Crippen LogP contribution in [0.1, 0.15) is 156 Å². The van der Waals surface area contributed by atoms with E-state index in [4.69, 9.17) is 73.6 Å². The summed E-state index contributed by atoms with van der Waals surface area (Å²) < 4.78 is 91.7. The minimum absolute atomic E-state index is 0.0184. The normalized spacial score (nSPS) is 26.9. The number of nitrogens with zero attached hydrogens (tertiary/aromatic N) is 13. The molecule has 7 aromatic rings. The number of methoxy groups -OCH3 is 3. The molecular formula is C95H132N16O20S. The molecular weight excluding hydrogens is 1720 g/mol. The molecule has 12 rings (SSSR count). The molecule has 5 aliphatic rings. The number of cyclic esters (lactones) is 1. The van der Waals surface area contributed by atoms with Crippen LogP contribution in [-0.4, -0.2) is 273 Å². The van der Waals surface area contributed by atoms with Gasteiger partial charge in [-0.3, -0.25) is 24.0 Å². The van der Waals surface area contributed by atoms with E-state index in [-0.39, 0.29) is 118 Å². The number of aromatic nitrogens is 10. The van der Waals surface area contributed by atoms with E-state index >= 15 is 0 Å². The van der Waals surface area contributed by atoms with Crippen molar-refractivity contribution in [3.63, 3.8) is 0 Å². The minimum atomic E-state index is -3.63. The van der Waals surface area contributed by atoms with Gasteiger partial charge < -0.3 is 83.8 Å². The molecule has 36 nitrogen and oxygen atoms in total. The number of hydrogen-bond donors (Lipinski definition) is 5. The van der Waals surface area contributed by atoms with Gasteiger partial charge in [0.25, 0.3) is 17.7 Å². The van der Waals surface area contributed by atoms with Crippen LogP contribution in [0, 0.1) is 35.5 Å². The van der Waals surface area contributed by atoms with Crippen LogP contribution in [0.5, 0.6) is 0 Å². The van der Waals surface area contributed by atoms with Gasteiger partial charge in [0.05, 0.1) is 94.0 Å². The summed E-state index contributed by atoms with van der Waals surface area (Å²) in [5, 5.41) is 40.7. The summed E-state index contributed by atoms with van der Waals surface area (Å²) in [4.78, 5) is 111. The number of piperazine rings is 1. The van der Waals surface area contributed by atoms with Crippen LogP contribution in [0.25, 0.3) is 44.5 Å². The minimum Gasteiger partial charge on any atom is -0.460 e. The number of nitrogens with one attached hydrogen (secondary N) is 1. The summed E-state index contributed by atoms with van der Waals surface area (Å²) in [5.74, 6) is -7.90. The molecule has 5 aromatic heterocycles. The molecule has 15 atom stereocenters. The number of aliphatic hydroxyl groups is 2. The SMILES string of the molecule is CO[C@H]1C[C@@H]2CC[C@@H](C)[C@@](O)(O2)C(=O)C(=O)N2CCCC[C@H]2C(=O)O[C@H]([C@H](C)C[C@@H]2CC[C@@H](OCc3cccc(-c4cnc(N5CCN(S(=O)(=O)CCc6cn(CCOCCOCCOCCC(=O)NCCCCn7nc(-c8ccc9oc(N)nc9c8)c8c(N)ncnc87)nn6)CC5)nc4)c3)[C@H](OC)C2)CC(=O)[C@H](C)/C=C(\C)[C@@H](O)[C@@H](OC)C(=O)[C@H](C)C[C@H](C)/C=C/C=C/C=C/1C. The molecule has 1 saturated carbocycles. The zero-order valence-corrected chi connectivity index (χ0v) is 78.5. The van der Waals surface area contributed by atoms with Crippen LogP contribution < -0.4 is 21.7 Å². The number of sulfonamides is 1. The Kier molecular flexibility index (Phi) is 36.9. The van der Waals surface area contributed by atoms with Crippen LogP contribution >= 0.6 is 0 Å². The fourth-order valence-corrected chi connectivity index (χ4v) is 19.6. The number of ether oxygens (including phenoxy) is 9. The highest BCUT2D eigenvalue weighted by Crippen LogP contribution is 2.40. The molecule has 7 N–H and O–H groups in total. The number of oxazole rings is 1. The second-order valence-electron chi connectivity index (χ2n) is 35.7. The van der Waals surface area contributed by atoms with Crippen molar-refractivity contribution >= 4 is 85.1 Å². The summed E-state index contributed by atoms with van der Waals surface area (Å²) in [6.07, 6.45) is 19.6. The highest BCUT2D eigenvalue weighted by molar-refractivity contribution is 7.89. The lowest BCUT2D eigenvalue weighted by Crippen LogP contribution is -2.61. The van der Waals surface area contributed by atoms with E-state index in [2.05, 4.69) is 30.6 Å². The zero-order valence-electron chi connectivity index (χ0n) is 77.6. The molecule has 0 spiro atoms. The van der Waals surface area contributed by atoms with Crippen LogP contribution in [0.4, 0.5) is 17.8 Å². The molecule has 4 fully saturated rings. The van der Waals surface area contributed by atoms with E-state index in [1.165, 1.54) is 22.6 Å². The molecule has 2 aromatic carbocycles. The van der Waals surface area contributed by atoms with Crippen molar-refractivity contribution in [3.8, 4) is 22.4 Å². The number of ketones is 3. The Morgan fingerprint density at radius 2 is 1.54 bits per heavy atom. The Morgan fingerprint density at radius 1 is 0.773 bits per heavy atom. The van der Waals surface area contributed by atoms with Gasteiger partial charge >= 0.3 is 5.97 Å². The maximum absolute atomic E-state index is 14.9. The van der Waals surface area contributed by atoms with Crippen molar-refractivity contribution in [1.29, 1.82) is 0 Å². The monoisotopic (exact) mass is 1850 g/mol. The molecule has 0 unspecified atom stereocenters. The Hall–Kier alpha value is -10.0. The first-order valence-electron chi connectivity index (χ1n) is 46.3. The Bertz CT molecular complexity index is 5270. The average Bonchev–Trinajstić information content (AvgIpc) is 1.61. The number of amides is 2. The van der Waals surface area contributed by atoms with Gasteiger partial charge in [-0.15, -0.1) is 5.10 Å². The molecule has 9 heterocycles. The van der Waals surface area contributed by atoms with Gasteiger partial charge in [-0.05, 0) is 155 Å². The lowest BCUT2D eigenvalue weighted by atomic mass is 9.78. The third-order valence-corrected chi connectivity index (χ3v) is 27.8. The first-order chi connectivity index (χ1) is 63.5. The van der Waals surface area contributed by atoms with Crippen LogP contribution in [-0.2, 0) is 108 Å². The third kappa shape index (κ3) is 27.0. The number of nitrogen functional groups attached to an aromatic ring is 2. The number of hydrogen-bond acceptors (Lipinski definition) is 31. The fraction of sp³-hybridized carbons (Fsp3) is 0.600. The summed E-state index contributed by atoms with van der Waals surface area (Å²) in [5.41, 5.74) is 19.6. The Labute approximate surface area is 771 Å². The molecule has 132 heavy (non-hydrogen) atoms. The number of allylic oxidation sites excluding steroid dienone is 6. The van der Waals surface area contributed by atoms with Gasteiger partial charge in [0.2, 0.25) is 27.7 Å². The Balaban J connectivity index is 0.554. The molecule has 3 saturated heterocycles. The number of nitrogens with two attached hydrogens (primary N) is 2. The number of anilines is 3. The van der Waals surface area contributed by atoms with Crippen molar-refractivity contribution in [3.05, 3.63) is 126 Å². The van der Waals surface area contributed by atoms with Crippen molar-refractivity contribution in [2.45, 2.75) is 225 Å². The fourth-order valence-electron chi connectivity index (χ4n) is 18.1. The van der Waals surface area contributed by atoms with Gasteiger partial charge in [-0.1, -0.05) is 94.5 Å². The highest BCUT2D eigenvalue weighted by Gasteiger charge is 2.53. The molecule has 0 radical (unpaired) electrons. The van der Waals surface area contributed by atoms with Gasteiger partial charge in [0, 0.05) is 140 Å². The molecule has 1 aliphatic carbocycles. The van der Waals surface area contributed by atoms with Gasteiger partial charge in [-0.2, -0.15) is 14.4 Å². The number of rotatable bonds is 33. The summed E-state index contributed by atoms with van der Waals surface area (Å²) in [6, 6.07) is 12.3. The third-order valence-electron chi connectivity index (χ3n) is 26.0. The molecule has 718 valence electrons. The number of fused-ring (bicyclic) bond motifs is 5. The number of esters is 1. The molecule has 2 amide bonds. The molecule has 2 bridgehead atoms. The summed E-state index contributed by atoms with van der Waals surface area (Å²) in [7, 11) is 0.980. The number of aliphatic hydroxyl groups excluding tert-OH is 1. The number of carbonyl (C=O) groups excluding carboxylic acids is 6. The maximum atomic E-state index is 14.9. The number of piperidine rings is 1. The smallest absolute Gasteiger partial charge is 0.329 e. The largest absolute Gasteiger partial charge is 0.460 e. The second-order valence-corrected chi connectivity index (χ2v) is 37.8. The van der Waals surface area contributed by atoms with Crippen molar-refractivity contribution in [2.24, 2.45) is 35.5 Å². The standard InChI is InChI=1S/C95H132N16O20S/c1-60-19-12-11-13-20-61(2)79(122-8)53-73-27-24-66(7)95(119,131-73)88(116)91(117)110-33-16-14-23-75(110)92(118)129-80(54-76(112)62(3)48-65(6)86(115)87(124-10)85(114)64(5)47-60)63(4)49-67-25-28-78(81(51-67)123-9)128-58-68-21-18-22-69(50-68)71-55-99-94(100-56-71)107-35-37-109(38-36-107)132(120,121)46-31-72-57-108(106-104-72)39-41-126-43-45-127-44-42-125-40-30-82(113)98-32-15-17-34-111-90-83(89(96)101-59-102-90)84(105-111)70-26-29-77-74(52-70)103-93(97)130-77/h11-13,18-22,26,29,48,50,52,55-57,59-60,62-64,66-67,73,75,78-81,86-87,115,119H,14-17,23-25,27-28,30-47,49,51,53-54,58H2,1-10H3,(H2,97,103)(H,98,113)(H2,96,101,102)/b13-11+,19-12+,61-20+,65-48+/t60-,62-,63-,64-,66-,67+,73+,75+,78-,79+,80+,81-,86-,87+,95-/m1/s1. The van der Waals surface area contributed by atoms with E-state index in [0.29, 0.717) is 174 Å². The van der Waals surface area contributed by atoms with Crippen LogP contribution in [0.15, 0.2) is 119 Å². The van der Waals surface area contributed by atoms with Crippen molar-refractivity contribution in [2.75, 3.05) is 122 Å². The topological polar surface area (TPSA) is 460 Å². The van der Waals surface area contributed by atoms with E-state index in [1.54, 1.807) is 75.1 Å². The number of aryl methyl sites for hydroxylation is 2. The maximum Gasteiger partial charge on any atom is 0.329 e. The van der Waals surface area contributed by atoms with Gasteiger partial charge in [0.15, 0.2) is 17.0 Å². The van der Waals surface area contributed by atoms with Crippen LogP contribution in [0.2, 0.25) is 0 Å². The highest BCUT2D eigenvalue weighted by atomic mass is 32.2. The number of Topliss-reactive ketones (excluding diaryl/α,β-unsaturated/α-hetero) is 3. The quantitative estimate of drug-likeness (QED) is 0.0111. The van der Waals surface area contributed by atoms with Gasteiger partial charge in [-0.25, -0.2) is 42.5 Å². The first kappa shape index (κ1) is 101.